The van der Waals surface area contributed by atoms with Crippen molar-refractivity contribution in [2.45, 2.75) is 26.2 Å². The first-order valence-corrected chi connectivity index (χ1v) is 9.95. The number of phenolic OH excluding ortho intramolecular Hbond substituents is 1. The lowest BCUT2D eigenvalue weighted by Gasteiger charge is -2.07. The maximum atomic E-state index is 9.87. The van der Waals surface area contributed by atoms with Crippen molar-refractivity contribution >= 4 is 34.6 Å². The Bertz CT molecular complexity index is 1180. The summed E-state index contributed by atoms with van der Waals surface area (Å²) in [6.07, 6.45) is 2.68. The average molecular weight is 405 g/mol. The molecule has 0 spiro atoms. The number of hydrogen-bond acceptors (Lipinski definition) is 4. The zero-order chi connectivity index (χ0) is 20.4. The van der Waals surface area contributed by atoms with Gasteiger partial charge in [0.25, 0.3) is 0 Å². The lowest BCUT2D eigenvalue weighted by Crippen LogP contribution is -1.90. The van der Waals surface area contributed by atoms with Crippen molar-refractivity contribution in [1.29, 1.82) is 0 Å². The van der Waals surface area contributed by atoms with Crippen LogP contribution in [0.5, 0.6) is 5.75 Å². The van der Waals surface area contributed by atoms with Gasteiger partial charge in [-0.05, 0) is 72.5 Å². The third kappa shape index (κ3) is 4.17. The van der Waals surface area contributed by atoms with Gasteiger partial charge in [-0.25, -0.2) is 4.98 Å². The van der Waals surface area contributed by atoms with E-state index in [1.807, 2.05) is 30.3 Å². The monoisotopic (exact) mass is 404 g/mol. The van der Waals surface area contributed by atoms with E-state index in [4.69, 9.17) is 16.0 Å². The van der Waals surface area contributed by atoms with Gasteiger partial charge < -0.3 is 9.52 Å². The Hall–Kier alpha value is -3.11. The van der Waals surface area contributed by atoms with Crippen LogP contribution in [0.15, 0.2) is 70.1 Å². The van der Waals surface area contributed by atoms with E-state index in [0.717, 1.165) is 28.8 Å². The zero-order valence-electron chi connectivity index (χ0n) is 16.3. The molecule has 5 heteroatoms. The summed E-state index contributed by atoms with van der Waals surface area (Å²) < 4.78 is 5.92. The molecule has 1 atom stereocenters. The largest absolute Gasteiger partial charge is 0.507 e. The molecule has 0 aliphatic carbocycles. The summed E-state index contributed by atoms with van der Waals surface area (Å²) in [6.45, 7) is 4.39. The Balaban J connectivity index is 1.57. The molecule has 0 aliphatic rings. The number of aromatic nitrogens is 1. The fourth-order valence-electron chi connectivity index (χ4n) is 3.07. The van der Waals surface area contributed by atoms with Gasteiger partial charge in [-0.2, -0.15) is 0 Å². The SMILES string of the molecule is CC[C@@H](C)c1ccc2oc(-c3ccc(N=Cc4cc(Cl)ccc4O)cc3)nc2c1. The fourth-order valence-corrected chi connectivity index (χ4v) is 3.25. The topological polar surface area (TPSA) is 58.6 Å². The predicted octanol–water partition coefficient (Wildman–Crippen LogP) is 7.12. The van der Waals surface area contributed by atoms with Crippen LogP contribution in [-0.2, 0) is 0 Å². The molecular formula is C24H21ClN2O2. The lowest BCUT2D eigenvalue weighted by atomic mass is 9.98. The molecule has 3 aromatic carbocycles. The maximum Gasteiger partial charge on any atom is 0.227 e. The van der Waals surface area contributed by atoms with E-state index in [-0.39, 0.29) is 5.75 Å². The second-order valence-electron chi connectivity index (χ2n) is 7.06. The van der Waals surface area contributed by atoms with Gasteiger partial charge in [0.05, 0.1) is 5.69 Å². The van der Waals surface area contributed by atoms with Gasteiger partial charge in [0.2, 0.25) is 5.89 Å². The molecule has 4 nitrogen and oxygen atoms in total. The number of hydrogen-bond donors (Lipinski definition) is 1. The van der Waals surface area contributed by atoms with E-state index in [2.05, 4.69) is 36.0 Å². The molecule has 146 valence electrons. The first kappa shape index (κ1) is 19.2. The minimum Gasteiger partial charge on any atom is -0.507 e. The molecule has 0 saturated heterocycles. The van der Waals surface area contributed by atoms with Gasteiger partial charge in [-0.15, -0.1) is 0 Å². The van der Waals surface area contributed by atoms with Crippen molar-refractivity contribution in [1.82, 2.24) is 4.98 Å². The van der Waals surface area contributed by atoms with E-state index in [1.54, 1.807) is 24.4 Å². The highest BCUT2D eigenvalue weighted by molar-refractivity contribution is 6.30. The van der Waals surface area contributed by atoms with Crippen LogP contribution < -0.4 is 0 Å². The van der Waals surface area contributed by atoms with Gasteiger partial charge in [-0.3, -0.25) is 4.99 Å². The third-order valence-corrected chi connectivity index (χ3v) is 5.28. The summed E-state index contributed by atoms with van der Waals surface area (Å²) in [7, 11) is 0. The van der Waals surface area contributed by atoms with Crippen LogP contribution in [0.3, 0.4) is 0 Å². The standard InChI is InChI=1S/C24H21ClN2O2/c1-3-15(2)17-6-11-23-21(13-17)27-24(29-23)16-4-8-20(9-5-16)26-14-18-12-19(25)7-10-22(18)28/h4-15,28H,3H2,1-2H3/t15-/m1/s1. The van der Waals surface area contributed by atoms with Crippen molar-refractivity contribution in [3.63, 3.8) is 0 Å². The summed E-state index contributed by atoms with van der Waals surface area (Å²) >= 11 is 5.97. The Kier molecular flexibility index (Phi) is 5.36. The molecule has 0 radical (unpaired) electrons. The molecule has 0 amide bonds. The molecule has 29 heavy (non-hydrogen) atoms. The number of phenols is 1. The number of fused-ring (bicyclic) bond motifs is 1. The molecular weight excluding hydrogens is 384 g/mol. The van der Waals surface area contributed by atoms with Gasteiger partial charge in [0, 0.05) is 22.4 Å². The summed E-state index contributed by atoms with van der Waals surface area (Å²) in [5.41, 5.74) is 5.13. The van der Waals surface area contributed by atoms with Crippen LogP contribution in [0.25, 0.3) is 22.6 Å². The van der Waals surface area contributed by atoms with E-state index >= 15 is 0 Å². The average Bonchev–Trinajstić information content (AvgIpc) is 3.17. The van der Waals surface area contributed by atoms with Crippen LogP contribution >= 0.6 is 11.6 Å². The quantitative estimate of drug-likeness (QED) is 0.360. The Morgan fingerprint density at radius 2 is 1.90 bits per heavy atom. The summed E-state index contributed by atoms with van der Waals surface area (Å²) in [4.78, 5) is 9.05. The predicted molar refractivity (Wildman–Crippen MR) is 119 cm³/mol. The van der Waals surface area contributed by atoms with Crippen LogP contribution in [0.2, 0.25) is 5.02 Å². The van der Waals surface area contributed by atoms with E-state index in [1.165, 1.54) is 5.56 Å². The van der Waals surface area contributed by atoms with E-state index in [0.29, 0.717) is 22.4 Å². The Morgan fingerprint density at radius 3 is 2.66 bits per heavy atom. The minimum absolute atomic E-state index is 0.137. The van der Waals surface area contributed by atoms with E-state index < -0.39 is 0 Å². The minimum atomic E-state index is 0.137. The van der Waals surface area contributed by atoms with Crippen LogP contribution in [0, 0.1) is 0 Å². The molecule has 0 bridgehead atoms. The molecule has 4 aromatic rings. The molecule has 1 heterocycles. The van der Waals surface area contributed by atoms with Gasteiger partial charge in [0.15, 0.2) is 5.58 Å². The van der Waals surface area contributed by atoms with Gasteiger partial charge >= 0.3 is 0 Å². The second-order valence-corrected chi connectivity index (χ2v) is 7.50. The molecule has 1 N–H and O–H groups in total. The summed E-state index contributed by atoms with van der Waals surface area (Å²) in [5.74, 6) is 1.22. The van der Waals surface area contributed by atoms with Crippen molar-refractivity contribution in [2.75, 3.05) is 0 Å². The first-order valence-electron chi connectivity index (χ1n) is 9.57. The highest BCUT2D eigenvalue weighted by atomic mass is 35.5. The van der Waals surface area contributed by atoms with Crippen LogP contribution in [0.1, 0.15) is 37.3 Å². The van der Waals surface area contributed by atoms with Crippen molar-refractivity contribution in [2.24, 2.45) is 4.99 Å². The first-order chi connectivity index (χ1) is 14.0. The van der Waals surface area contributed by atoms with E-state index in [9.17, 15) is 5.11 Å². The second kappa shape index (κ2) is 8.10. The van der Waals surface area contributed by atoms with Gasteiger partial charge in [-0.1, -0.05) is 31.5 Å². The van der Waals surface area contributed by atoms with Crippen LogP contribution in [0.4, 0.5) is 5.69 Å². The number of halogens is 1. The lowest BCUT2D eigenvalue weighted by molar-refractivity contribution is 0.474. The van der Waals surface area contributed by atoms with Crippen LogP contribution in [-0.4, -0.2) is 16.3 Å². The van der Waals surface area contributed by atoms with Crippen molar-refractivity contribution in [3.8, 4) is 17.2 Å². The highest BCUT2D eigenvalue weighted by Crippen LogP contribution is 2.29. The number of benzene rings is 3. The number of nitrogens with zero attached hydrogens (tertiary/aromatic N) is 2. The fraction of sp³-hybridized carbons (Fsp3) is 0.167. The molecule has 0 saturated carbocycles. The van der Waals surface area contributed by atoms with Gasteiger partial charge in [0.1, 0.15) is 11.3 Å². The number of oxazole rings is 1. The molecule has 1 aromatic heterocycles. The Morgan fingerprint density at radius 1 is 1.10 bits per heavy atom. The third-order valence-electron chi connectivity index (χ3n) is 5.05. The summed E-state index contributed by atoms with van der Waals surface area (Å²) in [6, 6.07) is 18.7. The smallest absolute Gasteiger partial charge is 0.227 e. The van der Waals surface area contributed by atoms with Crippen molar-refractivity contribution in [3.05, 3.63) is 76.8 Å². The zero-order valence-corrected chi connectivity index (χ0v) is 17.0. The number of aromatic hydroxyl groups is 1. The number of aliphatic imine (C=N–C) groups is 1. The number of rotatable bonds is 5. The molecule has 0 fully saturated rings. The molecule has 0 aliphatic heterocycles. The highest BCUT2D eigenvalue weighted by Gasteiger charge is 2.11. The maximum absolute atomic E-state index is 9.87. The summed E-state index contributed by atoms with van der Waals surface area (Å²) in [5, 5.41) is 10.4. The normalized spacial score (nSPS) is 12.7. The molecule has 4 rings (SSSR count). The Labute approximate surface area is 174 Å². The van der Waals surface area contributed by atoms with Crippen molar-refractivity contribution < 1.29 is 9.52 Å². The molecule has 0 unspecified atom stereocenters.